The zero-order valence-electron chi connectivity index (χ0n) is 8.73. The van der Waals surface area contributed by atoms with Gasteiger partial charge in [-0.3, -0.25) is 0 Å². The van der Waals surface area contributed by atoms with Gasteiger partial charge >= 0.3 is 0 Å². The fraction of sp³-hybridized carbons (Fsp3) is 0.333. The van der Waals surface area contributed by atoms with Crippen LogP contribution in [-0.4, -0.2) is 6.54 Å². The Morgan fingerprint density at radius 1 is 1.43 bits per heavy atom. The highest BCUT2D eigenvalue weighted by molar-refractivity contribution is 9.11. The van der Waals surface area contributed by atoms with Gasteiger partial charge in [-0.15, -0.1) is 0 Å². The molecule has 0 aliphatic rings. The van der Waals surface area contributed by atoms with Crippen LogP contribution in [0.15, 0.2) is 29.3 Å². The maximum atomic E-state index is 3.78. The number of nitrogens with one attached hydrogen (secondary N) is 1. The van der Waals surface area contributed by atoms with Gasteiger partial charge in [0.15, 0.2) is 0 Å². The zero-order valence-corrected chi connectivity index (χ0v) is 10.3. The van der Waals surface area contributed by atoms with Gasteiger partial charge in [0.05, 0.1) is 0 Å². The van der Waals surface area contributed by atoms with Gasteiger partial charge in [0, 0.05) is 17.6 Å². The van der Waals surface area contributed by atoms with Crippen molar-refractivity contribution in [2.45, 2.75) is 20.4 Å². The van der Waals surface area contributed by atoms with Crippen molar-refractivity contribution < 1.29 is 0 Å². The molecule has 0 aliphatic carbocycles. The first kappa shape index (κ1) is 11.5. The van der Waals surface area contributed by atoms with Crippen LogP contribution in [0.4, 0.5) is 0 Å². The average Bonchev–Trinajstić information content (AvgIpc) is 2.08. The molecule has 0 atom stereocenters. The Labute approximate surface area is 94.3 Å². The van der Waals surface area contributed by atoms with Crippen LogP contribution >= 0.6 is 15.9 Å². The molecule has 0 heterocycles. The molecule has 1 aromatic carbocycles. The molecular weight excluding hydrogens is 238 g/mol. The Balaban J connectivity index is 2.55. The lowest BCUT2D eigenvalue weighted by Crippen LogP contribution is -2.15. The second kappa shape index (κ2) is 5.32. The number of rotatable bonds is 4. The third-order valence-electron chi connectivity index (χ3n) is 2.13. The summed E-state index contributed by atoms with van der Waals surface area (Å²) in [4.78, 5) is 0. The largest absolute Gasteiger partial charge is 0.308 e. The van der Waals surface area contributed by atoms with E-state index in [0.29, 0.717) is 0 Å². The summed E-state index contributed by atoms with van der Waals surface area (Å²) >= 11 is 3.32. The van der Waals surface area contributed by atoms with Gasteiger partial charge in [0.1, 0.15) is 0 Å². The summed E-state index contributed by atoms with van der Waals surface area (Å²) in [7, 11) is 0. The molecule has 0 bridgehead atoms. The smallest absolute Gasteiger partial charge is 0.0268 e. The highest BCUT2D eigenvalue weighted by Gasteiger charge is 1.97. The van der Waals surface area contributed by atoms with Gasteiger partial charge in [-0.1, -0.05) is 46.3 Å². The Morgan fingerprint density at radius 3 is 2.71 bits per heavy atom. The fourth-order valence-electron chi connectivity index (χ4n) is 1.38. The molecule has 0 fully saturated rings. The van der Waals surface area contributed by atoms with E-state index >= 15 is 0 Å². The van der Waals surface area contributed by atoms with Crippen molar-refractivity contribution in [3.63, 3.8) is 0 Å². The third kappa shape index (κ3) is 3.64. The second-order valence-electron chi connectivity index (χ2n) is 3.55. The van der Waals surface area contributed by atoms with Crippen LogP contribution in [0.2, 0.25) is 0 Å². The Morgan fingerprint density at radius 2 is 2.14 bits per heavy atom. The molecule has 0 saturated carbocycles. The molecule has 76 valence electrons. The van der Waals surface area contributed by atoms with Crippen LogP contribution in [0.5, 0.6) is 0 Å². The fourth-order valence-corrected chi connectivity index (χ4v) is 1.58. The maximum absolute atomic E-state index is 3.78. The lowest BCUT2D eigenvalue weighted by molar-refractivity contribution is 0.753. The van der Waals surface area contributed by atoms with Gasteiger partial charge in [0.25, 0.3) is 0 Å². The van der Waals surface area contributed by atoms with Crippen molar-refractivity contribution in [3.05, 3.63) is 46.0 Å². The number of hydrogen-bond donors (Lipinski definition) is 1. The molecule has 0 unspecified atom stereocenters. The van der Waals surface area contributed by atoms with Gasteiger partial charge in [-0.2, -0.15) is 0 Å². The van der Waals surface area contributed by atoms with Crippen LogP contribution in [0.1, 0.15) is 16.7 Å². The quantitative estimate of drug-likeness (QED) is 0.869. The minimum absolute atomic E-state index is 0.813. The lowest BCUT2D eigenvalue weighted by Gasteiger charge is -2.07. The molecule has 1 rings (SSSR count). The number of hydrogen-bond acceptors (Lipinski definition) is 1. The molecule has 14 heavy (non-hydrogen) atoms. The van der Waals surface area contributed by atoms with Crippen LogP contribution in [-0.2, 0) is 6.54 Å². The number of halogens is 1. The first-order valence-electron chi connectivity index (χ1n) is 4.69. The van der Waals surface area contributed by atoms with E-state index in [-0.39, 0.29) is 0 Å². The molecule has 1 N–H and O–H groups in total. The van der Waals surface area contributed by atoms with E-state index < -0.39 is 0 Å². The van der Waals surface area contributed by atoms with Crippen molar-refractivity contribution in [2.24, 2.45) is 0 Å². The van der Waals surface area contributed by atoms with Gasteiger partial charge in [0.2, 0.25) is 0 Å². The van der Waals surface area contributed by atoms with Gasteiger partial charge < -0.3 is 5.32 Å². The normalized spacial score (nSPS) is 10.2. The van der Waals surface area contributed by atoms with Crippen molar-refractivity contribution in [2.75, 3.05) is 6.54 Å². The summed E-state index contributed by atoms with van der Waals surface area (Å²) in [6.45, 7) is 9.75. The monoisotopic (exact) mass is 253 g/mol. The van der Waals surface area contributed by atoms with Crippen LogP contribution in [0.3, 0.4) is 0 Å². The van der Waals surface area contributed by atoms with Gasteiger partial charge in [-0.25, -0.2) is 0 Å². The molecule has 0 aliphatic heterocycles. The van der Waals surface area contributed by atoms with Crippen molar-refractivity contribution >= 4 is 15.9 Å². The number of aryl methyl sites for hydroxylation is 2. The Hall–Kier alpha value is -0.600. The van der Waals surface area contributed by atoms with E-state index in [0.717, 1.165) is 17.6 Å². The summed E-state index contributed by atoms with van der Waals surface area (Å²) < 4.78 is 0.988. The molecular formula is C12H16BrN. The van der Waals surface area contributed by atoms with Crippen molar-refractivity contribution in [1.29, 1.82) is 0 Å². The summed E-state index contributed by atoms with van der Waals surface area (Å²) in [5, 5.41) is 3.31. The van der Waals surface area contributed by atoms with E-state index in [9.17, 15) is 0 Å². The predicted molar refractivity (Wildman–Crippen MR) is 65.7 cm³/mol. The minimum atomic E-state index is 0.813. The SMILES string of the molecule is C=C(Br)CNCc1ccc(C)cc1C. The maximum Gasteiger partial charge on any atom is 0.0268 e. The highest BCUT2D eigenvalue weighted by atomic mass is 79.9. The highest BCUT2D eigenvalue weighted by Crippen LogP contribution is 2.10. The molecule has 1 aromatic rings. The number of benzene rings is 1. The molecule has 0 amide bonds. The third-order valence-corrected chi connectivity index (χ3v) is 2.41. The van der Waals surface area contributed by atoms with Crippen LogP contribution in [0.25, 0.3) is 0 Å². The Bertz CT molecular complexity index is 331. The van der Waals surface area contributed by atoms with E-state index in [1.54, 1.807) is 0 Å². The second-order valence-corrected chi connectivity index (χ2v) is 4.67. The standard InChI is InChI=1S/C12H16BrN/c1-9-4-5-12(10(2)6-9)8-14-7-11(3)13/h4-6,14H,3,7-8H2,1-2H3. The molecule has 0 aromatic heterocycles. The van der Waals surface area contributed by atoms with Crippen LogP contribution in [0, 0.1) is 13.8 Å². The molecule has 0 saturated heterocycles. The van der Waals surface area contributed by atoms with Crippen molar-refractivity contribution in [1.82, 2.24) is 5.32 Å². The summed E-state index contributed by atoms with van der Waals surface area (Å²) in [5.41, 5.74) is 4.01. The minimum Gasteiger partial charge on any atom is -0.308 e. The topological polar surface area (TPSA) is 12.0 Å². The van der Waals surface area contributed by atoms with E-state index in [2.05, 4.69) is 59.9 Å². The zero-order chi connectivity index (χ0) is 10.6. The molecule has 0 radical (unpaired) electrons. The van der Waals surface area contributed by atoms with E-state index in [1.165, 1.54) is 16.7 Å². The van der Waals surface area contributed by atoms with Crippen molar-refractivity contribution in [3.8, 4) is 0 Å². The molecule has 0 spiro atoms. The van der Waals surface area contributed by atoms with Gasteiger partial charge in [-0.05, 0) is 25.0 Å². The average molecular weight is 254 g/mol. The summed E-state index contributed by atoms with van der Waals surface area (Å²) in [6.07, 6.45) is 0. The molecule has 1 nitrogen and oxygen atoms in total. The van der Waals surface area contributed by atoms with Crippen LogP contribution < -0.4 is 5.32 Å². The lowest BCUT2D eigenvalue weighted by atomic mass is 10.1. The summed E-state index contributed by atoms with van der Waals surface area (Å²) in [5.74, 6) is 0. The van der Waals surface area contributed by atoms with E-state index in [1.807, 2.05) is 0 Å². The molecule has 2 heteroatoms. The predicted octanol–water partition coefficient (Wildman–Crippen LogP) is 3.30. The Kier molecular flexibility index (Phi) is 4.36. The van der Waals surface area contributed by atoms with E-state index in [4.69, 9.17) is 0 Å². The first-order valence-corrected chi connectivity index (χ1v) is 5.49. The summed E-state index contributed by atoms with van der Waals surface area (Å²) in [6, 6.07) is 6.53. The first-order chi connectivity index (χ1) is 6.59.